The monoisotopic (exact) mass is 412 g/mol. The lowest BCUT2D eigenvalue weighted by Crippen LogP contribution is -2.43. The van der Waals surface area contributed by atoms with Gasteiger partial charge in [-0.25, -0.2) is 13.4 Å². The second-order valence-electron chi connectivity index (χ2n) is 5.61. The van der Waals surface area contributed by atoms with E-state index < -0.39 is 10.0 Å². The number of sulfonamides is 1. The lowest BCUT2D eigenvalue weighted by molar-refractivity contribution is -0.120. The predicted molar refractivity (Wildman–Crippen MR) is 92.8 cm³/mol. The van der Waals surface area contributed by atoms with Crippen LogP contribution in [0, 0.1) is 5.92 Å². The molecule has 0 bridgehead atoms. The van der Waals surface area contributed by atoms with E-state index in [1.165, 1.54) is 16.8 Å². The third kappa shape index (κ3) is 3.68. The van der Waals surface area contributed by atoms with E-state index >= 15 is 0 Å². The molecule has 1 fully saturated rings. The van der Waals surface area contributed by atoms with Crippen LogP contribution in [-0.2, 0) is 14.8 Å². The van der Waals surface area contributed by atoms with E-state index in [1.807, 2.05) is 12.1 Å². The molecule has 1 saturated heterocycles. The molecule has 1 atom stereocenters. The summed E-state index contributed by atoms with van der Waals surface area (Å²) in [4.78, 5) is 18.8. The van der Waals surface area contributed by atoms with Crippen molar-refractivity contribution in [3.8, 4) is 0 Å². The van der Waals surface area contributed by atoms with Crippen molar-refractivity contribution in [2.75, 3.05) is 18.4 Å². The maximum absolute atomic E-state index is 12.5. The fourth-order valence-electron chi connectivity index (χ4n) is 2.68. The molecule has 1 aromatic carbocycles. The first-order valence-electron chi connectivity index (χ1n) is 7.52. The molecule has 1 aliphatic rings. The van der Waals surface area contributed by atoms with Crippen LogP contribution >= 0.6 is 15.9 Å². The zero-order chi connectivity index (χ0) is 17.2. The van der Waals surface area contributed by atoms with Gasteiger partial charge in [0.2, 0.25) is 5.91 Å². The molecule has 2 heterocycles. The van der Waals surface area contributed by atoms with Crippen molar-refractivity contribution in [2.24, 2.45) is 5.92 Å². The van der Waals surface area contributed by atoms with Gasteiger partial charge in [-0.1, -0.05) is 15.9 Å². The highest BCUT2D eigenvalue weighted by Gasteiger charge is 2.34. The van der Waals surface area contributed by atoms with E-state index in [0.717, 1.165) is 4.47 Å². The molecule has 2 N–H and O–H groups in total. The highest BCUT2D eigenvalue weighted by molar-refractivity contribution is 9.10. The number of halogens is 1. The summed E-state index contributed by atoms with van der Waals surface area (Å²) in [6, 6.07) is 7.27. The van der Waals surface area contributed by atoms with Gasteiger partial charge in [-0.05, 0) is 37.1 Å². The number of H-pyrrole nitrogens is 1. The van der Waals surface area contributed by atoms with Gasteiger partial charge < -0.3 is 10.3 Å². The zero-order valence-electron chi connectivity index (χ0n) is 12.8. The number of carbonyl (C=O) groups is 1. The maximum atomic E-state index is 12.5. The summed E-state index contributed by atoms with van der Waals surface area (Å²) < 4.78 is 27.3. The summed E-state index contributed by atoms with van der Waals surface area (Å²) in [5.41, 5.74) is 0.691. The van der Waals surface area contributed by atoms with Crippen molar-refractivity contribution in [3.63, 3.8) is 0 Å². The van der Waals surface area contributed by atoms with Crippen LogP contribution in [0.4, 0.5) is 5.69 Å². The summed E-state index contributed by atoms with van der Waals surface area (Å²) in [6.45, 7) is 0.577. The van der Waals surface area contributed by atoms with Crippen molar-refractivity contribution >= 4 is 37.5 Å². The summed E-state index contributed by atoms with van der Waals surface area (Å²) >= 11 is 3.34. The first-order valence-corrected chi connectivity index (χ1v) is 9.75. The smallest absolute Gasteiger partial charge is 0.260 e. The van der Waals surface area contributed by atoms with Crippen LogP contribution in [0.25, 0.3) is 0 Å². The summed E-state index contributed by atoms with van der Waals surface area (Å²) in [5, 5.41) is 2.90. The van der Waals surface area contributed by atoms with Gasteiger partial charge in [-0.15, -0.1) is 0 Å². The molecule has 9 heteroatoms. The van der Waals surface area contributed by atoms with Gasteiger partial charge in [0, 0.05) is 23.2 Å². The van der Waals surface area contributed by atoms with Crippen LogP contribution in [-0.4, -0.2) is 41.7 Å². The number of rotatable bonds is 4. The van der Waals surface area contributed by atoms with E-state index in [1.54, 1.807) is 12.1 Å². The van der Waals surface area contributed by atoms with Crippen LogP contribution in [0.1, 0.15) is 12.8 Å². The van der Waals surface area contributed by atoms with Crippen LogP contribution in [0.3, 0.4) is 0 Å². The van der Waals surface area contributed by atoms with Crippen LogP contribution in [0.15, 0.2) is 46.3 Å². The Morgan fingerprint density at radius 3 is 2.75 bits per heavy atom. The topological polar surface area (TPSA) is 95.2 Å². The first kappa shape index (κ1) is 17.1. The molecule has 3 rings (SSSR count). The molecule has 0 spiro atoms. The van der Waals surface area contributed by atoms with E-state index in [2.05, 4.69) is 31.2 Å². The van der Waals surface area contributed by atoms with Gasteiger partial charge in [-0.3, -0.25) is 4.79 Å². The molecule has 1 aromatic heterocycles. The largest absolute Gasteiger partial charge is 0.335 e. The molecule has 1 aliphatic heterocycles. The molecule has 7 nitrogen and oxygen atoms in total. The molecule has 1 unspecified atom stereocenters. The number of aromatic nitrogens is 2. The average molecular weight is 413 g/mol. The Labute approximate surface area is 148 Å². The number of hydrogen-bond donors (Lipinski definition) is 2. The third-order valence-electron chi connectivity index (χ3n) is 3.96. The van der Waals surface area contributed by atoms with Crippen molar-refractivity contribution in [3.05, 3.63) is 41.3 Å². The van der Waals surface area contributed by atoms with Gasteiger partial charge in [0.1, 0.15) is 0 Å². The van der Waals surface area contributed by atoms with Crippen molar-refractivity contribution in [1.29, 1.82) is 0 Å². The van der Waals surface area contributed by atoms with E-state index in [-0.39, 0.29) is 23.4 Å². The molecule has 2 aromatic rings. The fraction of sp³-hybridized carbons (Fsp3) is 0.333. The number of anilines is 1. The predicted octanol–water partition coefficient (Wildman–Crippen LogP) is 2.21. The first-order chi connectivity index (χ1) is 11.5. The Morgan fingerprint density at radius 2 is 2.08 bits per heavy atom. The Hall–Kier alpha value is -1.71. The summed E-state index contributed by atoms with van der Waals surface area (Å²) in [7, 11) is -3.63. The van der Waals surface area contributed by atoms with Crippen LogP contribution in [0.2, 0.25) is 0 Å². The van der Waals surface area contributed by atoms with Gasteiger partial charge in [0.25, 0.3) is 10.0 Å². The van der Waals surface area contributed by atoms with E-state index in [4.69, 9.17) is 0 Å². The maximum Gasteiger partial charge on any atom is 0.260 e. The molecular formula is C15H17BrN4O3S. The van der Waals surface area contributed by atoms with Gasteiger partial charge in [0.05, 0.1) is 18.4 Å². The Kier molecular flexibility index (Phi) is 5.02. The summed E-state index contributed by atoms with van der Waals surface area (Å²) in [5.74, 6) is -0.540. The molecule has 128 valence electrons. The highest BCUT2D eigenvalue weighted by atomic mass is 79.9. The molecule has 24 heavy (non-hydrogen) atoms. The fourth-order valence-corrected chi connectivity index (χ4v) is 4.36. The minimum atomic E-state index is -3.63. The Balaban J connectivity index is 1.69. The number of nitrogens with zero attached hydrogens (tertiary/aromatic N) is 2. The number of carbonyl (C=O) groups excluding carboxylic acids is 1. The zero-order valence-corrected chi connectivity index (χ0v) is 15.2. The van der Waals surface area contributed by atoms with Gasteiger partial charge >= 0.3 is 0 Å². The Bertz CT molecular complexity index is 806. The average Bonchev–Trinajstić information content (AvgIpc) is 3.12. The van der Waals surface area contributed by atoms with Gasteiger partial charge in [0.15, 0.2) is 5.03 Å². The number of piperidine rings is 1. The number of amides is 1. The van der Waals surface area contributed by atoms with Crippen LogP contribution < -0.4 is 5.32 Å². The standard InChI is InChI=1S/C15H17BrN4O3S/c16-12-3-5-13(6-4-12)19-15(21)11-2-1-7-20(9-11)24(22,23)14-8-17-10-18-14/h3-6,8,10-11H,1-2,7,9H2,(H,17,18)(H,19,21). The molecule has 0 radical (unpaired) electrons. The van der Waals surface area contributed by atoms with E-state index in [9.17, 15) is 13.2 Å². The van der Waals surface area contributed by atoms with Crippen LogP contribution in [0.5, 0.6) is 0 Å². The minimum Gasteiger partial charge on any atom is -0.335 e. The second kappa shape index (κ2) is 7.04. The normalized spacial score (nSPS) is 19.1. The molecular weight excluding hydrogens is 396 g/mol. The lowest BCUT2D eigenvalue weighted by atomic mass is 9.99. The molecule has 0 saturated carbocycles. The molecule has 0 aliphatic carbocycles. The second-order valence-corrected chi connectivity index (χ2v) is 8.44. The minimum absolute atomic E-state index is 0.0523. The van der Waals surface area contributed by atoms with E-state index in [0.29, 0.717) is 25.1 Å². The number of hydrogen-bond acceptors (Lipinski definition) is 4. The highest BCUT2D eigenvalue weighted by Crippen LogP contribution is 2.24. The SMILES string of the molecule is O=C(Nc1ccc(Br)cc1)C1CCCN(S(=O)(=O)c2cnc[nH]2)C1. The number of aromatic amines is 1. The quantitative estimate of drug-likeness (QED) is 0.804. The van der Waals surface area contributed by atoms with Gasteiger partial charge in [-0.2, -0.15) is 4.31 Å². The number of imidazole rings is 1. The number of nitrogens with one attached hydrogen (secondary N) is 2. The van der Waals surface area contributed by atoms with Crippen molar-refractivity contribution < 1.29 is 13.2 Å². The Morgan fingerprint density at radius 1 is 1.33 bits per heavy atom. The summed E-state index contributed by atoms with van der Waals surface area (Å²) in [6.07, 6.45) is 3.92. The van der Waals surface area contributed by atoms with Crippen molar-refractivity contribution in [1.82, 2.24) is 14.3 Å². The molecule has 1 amide bonds. The third-order valence-corrected chi connectivity index (χ3v) is 6.28. The van der Waals surface area contributed by atoms with Crippen molar-refractivity contribution in [2.45, 2.75) is 17.9 Å². The lowest BCUT2D eigenvalue weighted by Gasteiger charge is -2.30. The number of benzene rings is 1.